The van der Waals surface area contributed by atoms with E-state index in [0.717, 1.165) is 42.9 Å². The Bertz CT molecular complexity index is 542. The Labute approximate surface area is 94.9 Å². The van der Waals surface area contributed by atoms with Crippen LogP contribution in [0.5, 0.6) is 0 Å². The van der Waals surface area contributed by atoms with Gasteiger partial charge in [-0.15, -0.1) is 0 Å². The molecule has 0 fully saturated rings. The van der Waals surface area contributed by atoms with E-state index in [9.17, 15) is 0 Å². The molecule has 3 heteroatoms. The monoisotopic (exact) mass is 216 g/mol. The number of hydrogen-bond donors (Lipinski definition) is 1. The fraction of sp³-hybridized carbons (Fsp3) is 0.462. The smallest absolute Gasteiger partial charge is 0.192 e. The van der Waals surface area contributed by atoms with Crippen LogP contribution >= 0.6 is 0 Å². The Morgan fingerprint density at radius 2 is 2.06 bits per heavy atom. The van der Waals surface area contributed by atoms with Gasteiger partial charge < -0.3 is 9.73 Å². The van der Waals surface area contributed by atoms with Crippen LogP contribution in [0.2, 0.25) is 0 Å². The van der Waals surface area contributed by atoms with Crippen molar-refractivity contribution in [1.29, 1.82) is 0 Å². The van der Waals surface area contributed by atoms with Crippen LogP contribution in [0.15, 0.2) is 10.5 Å². The second-order valence-corrected chi connectivity index (χ2v) is 4.47. The number of aryl methyl sites for hydroxylation is 2. The number of nitrogens with zero attached hydrogens (tertiary/aromatic N) is 1. The summed E-state index contributed by atoms with van der Waals surface area (Å²) < 4.78 is 5.67. The summed E-state index contributed by atoms with van der Waals surface area (Å²) in [4.78, 5) is 4.43. The highest BCUT2D eigenvalue weighted by Crippen LogP contribution is 2.27. The van der Waals surface area contributed by atoms with Crippen LogP contribution in [-0.2, 0) is 12.8 Å². The lowest BCUT2D eigenvalue weighted by Gasteiger charge is -2.08. The highest BCUT2D eigenvalue weighted by Gasteiger charge is 2.15. The first-order chi connectivity index (χ1) is 7.75. The van der Waals surface area contributed by atoms with Crippen LogP contribution in [-0.4, -0.2) is 18.1 Å². The summed E-state index contributed by atoms with van der Waals surface area (Å²) in [6.07, 6.45) is 2.19. The molecule has 0 amide bonds. The fourth-order valence-electron chi connectivity index (χ4n) is 2.57. The van der Waals surface area contributed by atoms with Crippen molar-refractivity contribution >= 4 is 11.1 Å². The maximum absolute atomic E-state index is 5.67. The first-order valence-corrected chi connectivity index (χ1v) is 5.85. The molecular formula is C13H16N2O. The largest absolute Gasteiger partial charge is 0.441 e. The van der Waals surface area contributed by atoms with Crippen molar-refractivity contribution in [1.82, 2.24) is 10.3 Å². The molecule has 0 atom stereocenters. The molecule has 84 valence electrons. The molecule has 1 aromatic carbocycles. The zero-order valence-electron chi connectivity index (χ0n) is 9.76. The summed E-state index contributed by atoms with van der Waals surface area (Å²) in [6, 6.07) is 2.20. The molecule has 0 aliphatic carbocycles. The minimum absolute atomic E-state index is 0.761. The van der Waals surface area contributed by atoms with E-state index in [0.29, 0.717) is 0 Å². The van der Waals surface area contributed by atoms with Gasteiger partial charge in [-0.3, -0.25) is 0 Å². The first-order valence-electron chi connectivity index (χ1n) is 5.85. The Kier molecular flexibility index (Phi) is 2.21. The lowest BCUT2D eigenvalue weighted by Crippen LogP contribution is -2.16. The molecule has 3 rings (SSSR count). The summed E-state index contributed by atoms with van der Waals surface area (Å²) >= 11 is 0. The molecule has 2 aromatic rings. The third-order valence-electron chi connectivity index (χ3n) is 3.38. The van der Waals surface area contributed by atoms with Gasteiger partial charge in [0.1, 0.15) is 5.52 Å². The van der Waals surface area contributed by atoms with Gasteiger partial charge >= 0.3 is 0 Å². The summed E-state index contributed by atoms with van der Waals surface area (Å²) in [6.45, 7) is 6.19. The number of rotatable bonds is 0. The van der Waals surface area contributed by atoms with Gasteiger partial charge in [0.2, 0.25) is 0 Å². The summed E-state index contributed by atoms with van der Waals surface area (Å²) in [5.41, 5.74) is 6.14. The van der Waals surface area contributed by atoms with Gasteiger partial charge in [0.25, 0.3) is 0 Å². The van der Waals surface area contributed by atoms with Crippen molar-refractivity contribution in [2.24, 2.45) is 0 Å². The molecule has 0 saturated carbocycles. The number of aromatic nitrogens is 1. The molecule has 0 spiro atoms. The summed E-state index contributed by atoms with van der Waals surface area (Å²) in [5, 5.41) is 3.43. The van der Waals surface area contributed by atoms with Gasteiger partial charge in [0.05, 0.1) is 0 Å². The van der Waals surface area contributed by atoms with Crippen LogP contribution in [0.1, 0.15) is 22.6 Å². The lowest BCUT2D eigenvalue weighted by molar-refractivity contribution is 0.558. The maximum Gasteiger partial charge on any atom is 0.192 e. The molecule has 0 bridgehead atoms. The zero-order chi connectivity index (χ0) is 11.1. The molecule has 3 nitrogen and oxygen atoms in total. The summed E-state index contributed by atoms with van der Waals surface area (Å²) in [5.74, 6) is 0.761. The number of hydrogen-bond acceptors (Lipinski definition) is 3. The molecule has 1 aliphatic heterocycles. The number of nitrogens with one attached hydrogen (secondary N) is 1. The van der Waals surface area contributed by atoms with E-state index in [-0.39, 0.29) is 0 Å². The Balaban J connectivity index is 2.28. The SMILES string of the molecule is Cc1nc2cc3c(c(C)c2o1)CCNCC3. The van der Waals surface area contributed by atoms with Crippen molar-refractivity contribution in [3.8, 4) is 0 Å². The second-order valence-electron chi connectivity index (χ2n) is 4.47. The van der Waals surface area contributed by atoms with E-state index >= 15 is 0 Å². The second kappa shape index (κ2) is 3.59. The van der Waals surface area contributed by atoms with E-state index in [2.05, 4.69) is 23.3 Å². The van der Waals surface area contributed by atoms with Gasteiger partial charge in [-0.25, -0.2) is 4.98 Å². The normalized spacial score (nSPS) is 16.1. The van der Waals surface area contributed by atoms with E-state index in [1.807, 2.05) is 6.92 Å². The quantitative estimate of drug-likeness (QED) is 0.733. The van der Waals surface area contributed by atoms with E-state index in [1.54, 1.807) is 0 Å². The fourth-order valence-corrected chi connectivity index (χ4v) is 2.57. The Hall–Kier alpha value is -1.35. The predicted molar refractivity (Wildman–Crippen MR) is 63.8 cm³/mol. The zero-order valence-corrected chi connectivity index (χ0v) is 9.76. The van der Waals surface area contributed by atoms with E-state index in [1.165, 1.54) is 16.7 Å². The van der Waals surface area contributed by atoms with Crippen LogP contribution in [0, 0.1) is 13.8 Å². The number of benzene rings is 1. The van der Waals surface area contributed by atoms with Crippen molar-refractivity contribution in [3.63, 3.8) is 0 Å². The molecule has 0 radical (unpaired) electrons. The Morgan fingerprint density at radius 3 is 2.94 bits per heavy atom. The Morgan fingerprint density at radius 1 is 1.25 bits per heavy atom. The van der Waals surface area contributed by atoms with Crippen molar-refractivity contribution in [3.05, 3.63) is 28.6 Å². The summed E-state index contributed by atoms with van der Waals surface area (Å²) in [7, 11) is 0. The van der Waals surface area contributed by atoms with Gasteiger partial charge in [0.15, 0.2) is 11.5 Å². The van der Waals surface area contributed by atoms with Crippen LogP contribution in [0.3, 0.4) is 0 Å². The molecule has 1 N–H and O–H groups in total. The molecule has 0 saturated heterocycles. The van der Waals surface area contributed by atoms with Crippen LogP contribution in [0.4, 0.5) is 0 Å². The third-order valence-corrected chi connectivity index (χ3v) is 3.38. The maximum atomic E-state index is 5.67. The average Bonchev–Trinajstić information content (AvgIpc) is 2.48. The minimum atomic E-state index is 0.761. The minimum Gasteiger partial charge on any atom is -0.441 e. The van der Waals surface area contributed by atoms with Crippen molar-refractivity contribution in [2.45, 2.75) is 26.7 Å². The van der Waals surface area contributed by atoms with Crippen molar-refractivity contribution < 1.29 is 4.42 Å². The molecule has 2 heterocycles. The third kappa shape index (κ3) is 1.43. The van der Waals surface area contributed by atoms with E-state index in [4.69, 9.17) is 4.42 Å². The van der Waals surface area contributed by atoms with Crippen molar-refractivity contribution in [2.75, 3.05) is 13.1 Å². The molecule has 0 unspecified atom stereocenters. The lowest BCUT2D eigenvalue weighted by atomic mass is 9.97. The topological polar surface area (TPSA) is 38.1 Å². The van der Waals surface area contributed by atoms with Gasteiger partial charge in [-0.1, -0.05) is 0 Å². The predicted octanol–water partition coefficient (Wildman–Crippen LogP) is 2.13. The molecular weight excluding hydrogens is 200 g/mol. The van der Waals surface area contributed by atoms with Crippen LogP contribution in [0.25, 0.3) is 11.1 Å². The highest BCUT2D eigenvalue weighted by molar-refractivity contribution is 5.79. The van der Waals surface area contributed by atoms with E-state index < -0.39 is 0 Å². The number of oxazole rings is 1. The average molecular weight is 216 g/mol. The molecule has 1 aliphatic rings. The van der Waals surface area contributed by atoms with Gasteiger partial charge in [-0.05, 0) is 55.6 Å². The highest BCUT2D eigenvalue weighted by atomic mass is 16.3. The number of fused-ring (bicyclic) bond motifs is 2. The standard InChI is InChI=1S/C13H16N2O/c1-8-11-4-6-14-5-3-10(11)7-12-13(8)16-9(2)15-12/h7,14H,3-6H2,1-2H3. The van der Waals surface area contributed by atoms with Crippen LogP contribution < -0.4 is 5.32 Å². The molecule has 16 heavy (non-hydrogen) atoms. The molecule has 1 aromatic heterocycles. The van der Waals surface area contributed by atoms with Gasteiger partial charge in [0, 0.05) is 6.92 Å². The first kappa shape index (κ1) is 9.85. The van der Waals surface area contributed by atoms with Gasteiger partial charge in [-0.2, -0.15) is 0 Å².